The van der Waals surface area contributed by atoms with E-state index in [1.54, 1.807) is 48.0 Å². The molecule has 4 N–H and O–H groups in total. The highest BCUT2D eigenvalue weighted by atomic mass is 35.5. The van der Waals surface area contributed by atoms with Gasteiger partial charge < -0.3 is 25.6 Å². The standard InChI is InChI=1S/C47H43ClF3N9O7/c1-27-28(4-2-5-35(27)43(63)55-33-23-29(47(49,50)51)22-30(48)24-33)7-9-34-26-53-39-12-13-40(57-60(34)39)58-18-15-31(16-19-58)54-41(61)6-3-20-67-21-17-52-32-8-10-36-37(25-32)46(66)59(45(36)65)38-11-14-42(62)56-44(38)64/h2,4-5,8,10,12-13,22-26,31,38,52H,3,6,11,14-21H2,1H3,(H,54,61)(H,55,63)(H,56,62,64). The second-order valence-electron chi connectivity index (χ2n) is 16.2. The normalized spacial score (nSPS) is 16.4. The molecule has 0 spiro atoms. The lowest BCUT2D eigenvalue weighted by molar-refractivity contribution is -0.138. The zero-order valence-corrected chi connectivity index (χ0v) is 36.7. The van der Waals surface area contributed by atoms with Gasteiger partial charge in [0.2, 0.25) is 17.7 Å². The quantitative estimate of drug-likeness (QED) is 0.0637. The Labute approximate surface area is 386 Å². The molecule has 1 atom stereocenters. The van der Waals surface area contributed by atoms with Crippen molar-refractivity contribution in [3.8, 4) is 11.8 Å². The lowest BCUT2D eigenvalue weighted by Gasteiger charge is -2.33. The average Bonchev–Trinajstić information content (AvgIpc) is 3.81. The molecule has 1 unspecified atom stereocenters. The summed E-state index contributed by atoms with van der Waals surface area (Å²) in [5.41, 5.74) is 2.28. The lowest BCUT2D eigenvalue weighted by Crippen LogP contribution is -2.54. The topological polar surface area (TPSA) is 196 Å². The lowest BCUT2D eigenvalue weighted by atomic mass is 10.0. The number of imide groups is 2. The van der Waals surface area contributed by atoms with Gasteiger partial charge >= 0.3 is 6.18 Å². The highest BCUT2D eigenvalue weighted by Crippen LogP contribution is 2.34. The maximum absolute atomic E-state index is 13.3. The fourth-order valence-electron chi connectivity index (χ4n) is 8.13. The molecular formula is C47H43ClF3N9O7. The number of hydrogen-bond acceptors (Lipinski definition) is 11. The van der Waals surface area contributed by atoms with Crippen molar-refractivity contribution in [3.63, 3.8) is 0 Å². The third kappa shape index (κ3) is 10.6. The number of rotatable bonds is 13. The minimum Gasteiger partial charge on any atom is -0.383 e. The molecule has 3 aromatic carbocycles. The van der Waals surface area contributed by atoms with Crippen LogP contribution in [0.5, 0.6) is 0 Å². The van der Waals surface area contributed by atoms with E-state index in [4.69, 9.17) is 21.4 Å². The van der Waals surface area contributed by atoms with Crippen molar-refractivity contribution < 1.29 is 46.7 Å². The molecule has 3 aliphatic rings. The van der Waals surface area contributed by atoms with Crippen LogP contribution in [-0.4, -0.2) is 99.9 Å². The Morgan fingerprint density at radius 1 is 0.925 bits per heavy atom. The van der Waals surface area contributed by atoms with Gasteiger partial charge in [0.1, 0.15) is 17.6 Å². The number of halogens is 4. The van der Waals surface area contributed by atoms with Crippen LogP contribution >= 0.6 is 11.6 Å². The molecule has 20 heteroatoms. The second-order valence-corrected chi connectivity index (χ2v) is 16.6. The number of anilines is 3. The zero-order chi connectivity index (χ0) is 47.4. The third-order valence-corrected chi connectivity index (χ3v) is 11.8. The van der Waals surface area contributed by atoms with Crippen molar-refractivity contribution in [3.05, 3.63) is 117 Å². The van der Waals surface area contributed by atoms with E-state index in [0.717, 1.165) is 17.0 Å². The molecule has 8 rings (SSSR count). The summed E-state index contributed by atoms with van der Waals surface area (Å²) < 4.78 is 47.3. The van der Waals surface area contributed by atoms with Gasteiger partial charge in [0.15, 0.2) is 5.65 Å². The maximum Gasteiger partial charge on any atom is 0.416 e. The molecule has 5 heterocycles. The minimum absolute atomic E-state index is 0.00167. The van der Waals surface area contributed by atoms with Crippen LogP contribution in [-0.2, 0) is 25.3 Å². The Morgan fingerprint density at radius 2 is 1.72 bits per heavy atom. The van der Waals surface area contributed by atoms with E-state index in [0.29, 0.717) is 92.5 Å². The highest BCUT2D eigenvalue weighted by molar-refractivity contribution is 6.31. The van der Waals surface area contributed by atoms with Gasteiger partial charge in [-0.3, -0.25) is 39.0 Å². The van der Waals surface area contributed by atoms with Gasteiger partial charge in [-0.1, -0.05) is 23.6 Å². The summed E-state index contributed by atoms with van der Waals surface area (Å²) in [6.07, 6.45) is -0.662. The first kappa shape index (κ1) is 46.2. The predicted octanol–water partition coefficient (Wildman–Crippen LogP) is 5.76. The number of ether oxygens (including phenoxy) is 1. The largest absolute Gasteiger partial charge is 0.416 e. The van der Waals surface area contributed by atoms with Crippen LogP contribution in [0, 0.1) is 18.8 Å². The molecular weight excluding hydrogens is 895 g/mol. The number of alkyl halides is 3. The number of fused-ring (bicyclic) bond motifs is 2. The fraction of sp³-hybridized carbons (Fsp3) is 0.319. The molecule has 16 nitrogen and oxygen atoms in total. The van der Waals surface area contributed by atoms with Crippen molar-refractivity contribution in [2.75, 3.05) is 48.4 Å². The Kier molecular flexibility index (Phi) is 13.6. The van der Waals surface area contributed by atoms with Gasteiger partial charge in [0.25, 0.3) is 17.7 Å². The third-order valence-electron chi connectivity index (χ3n) is 11.6. The first-order valence-corrected chi connectivity index (χ1v) is 21.9. The van der Waals surface area contributed by atoms with Crippen LogP contribution in [0.4, 0.5) is 30.4 Å². The number of carbonyl (C=O) groups is 6. The van der Waals surface area contributed by atoms with Crippen LogP contribution < -0.4 is 26.2 Å². The van der Waals surface area contributed by atoms with Crippen molar-refractivity contribution in [1.29, 1.82) is 0 Å². The smallest absolute Gasteiger partial charge is 0.383 e. The maximum atomic E-state index is 13.3. The van der Waals surface area contributed by atoms with Gasteiger partial charge in [-0.15, -0.1) is 5.10 Å². The summed E-state index contributed by atoms with van der Waals surface area (Å²) in [4.78, 5) is 83.3. The summed E-state index contributed by atoms with van der Waals surface area (Å²) in [6.45, 7) is 4.12. The van der Waals surface area contributed by atoms with Gasteiger partial charge in [0.05, 0.1) is 29.5 Å². The number of benzene rings is 3. The Balaban J connectivity index is 0.764. The Hall–Kier alpha value is -7.30. The number of nitrogens with one attached hydrogen (secondary N) is 4. The monoisotopic (exact) mass is 937 g/mol. The Bertz CT molecular complexity index is 2870. The van der Waals surface area contributed by atoms with Gasteiger partial charge in [-0.05, 0) is 105 Å². The highest BCUT2D eigenvalue weighted by Gasteiger charge is 2.44. The van der Waals surface area contributed by atoms with E-state index in [1.807, 2.05) is 12.1 Å². The fourth-order valence-corrected chi connectivity index (χ4v) is 8.36. The number of piperidine rings is 2. The van der Waals surface area contributed by atoms with Crippen LogP contribution in [0.15, 0.2) is 72.9 Å². The van der Waals surface area contributed by atoms with E-state index in [9.17, 15) is 41.9 Å². The predicted molar refractivity (Wildman–Crippen MR) is 240 cm³/mol. The number of hydrogen-bond donors (Lipinski definition) is 4. The molecule has 3 aliphatic heterocycles. The summed E-state index contributed by atoms with van der Waals surface area (Å²) in [6, 6.07) is 15.2. The van der Waals surface area contributed by atoms with Crippen LogP contribution in [0.25, 0.3) is 5.65 Å². The molecule has 67 heavy (non-hydrogen) atoms. The number of imidazole rings is 1. The van der Waals surface area contributed by atoms with Crippen LogP contribution in [0.1, 0.15) is 92.0 Å². The van der Waals surface area contributed by atoms with Gasteiger partial charge in [-0.25, -0.2) is 9.50 Å². The second kappa shape index (κ2) is 19.7. The van der Waals surface area contributed by atoms with E-state index in [1.165, 1.54) is 12.1 Å². The number of nitrogens with zero attached hydrogens (tertiary/aromatic N) is 5. The number of amides is 6. The van der Waals surface area contributed by atoms with Gasteiger partial charge in [0, 0.05) is 72.6 Å². The molecule has 2 fully saturated rings. The summed E-state index contributed by atoms with van der Waals surface area (Å²) >= 11 is 5.90. The molecule has 6 amide bonds. The van der Waals surface area contributed by atoms with Gasteiger partial charge in [-0.2, -0.15) is 13.2 Å². The Morgan fingerprint density at radius 3 is 2.49 bits per heavy atom. The van der Waals surface area contributed by atoms with E-state index < -0.39 is 47.3 Å². The summed E-state index contributed by atoms with van der Waals surface area (Å²) in [5, 5.41) is 15.6. The van der Waals surface area contributed by atoms with E-state index >= 15 is 0 Å². The SMILES string of the molecule is Cc1c(C#Cc2cnc3ccc(N4CCC(NC(=O)CCCOCCNc5ccc6c(c5)C(=O)N(C5CCC(=O)NC5=O)C6=O)CC4)nn23)cccc1C(=O)Nc1cc(Cl)cc(C(F)(F)F)c1. The van der Waals surface area contributed by atoms with E-state index in [2.05, 4.69) is 43.0 Å². The molecule has 0 bridgehead atoms. The summed E-state index contributed by atoms with van der Waals surface area (Å²) in [5.74, 6) is 3.96. The molecule has 2 aromatic heterocycles. The molecule has 2 saturated heterocycles. The average molecular weight is 938 g/mol. The van der Waals surface area contributed by atoms with Crippen LogP contribution in [0.3, 0.4) is 0 Å². The van der Waals surface area contributed by atoms with Crippen molar-refractivity contribution in [2.45, 2.75) is 63.7 Å². The van der Waals surface area contributed by atoms with Crippen molar-refractivity contribution in [1.82, 2.24) is 30.1 Å². The van der Waals surface area contributed by atoms with Crippen molar-refractivity contribution in [2.24, 2.45) is 0 Å². The molecule has 346 valence electrons. The molecule has 5 aromatic rings. The molecule has 0 radical (unpaired) electrons. The first-order chi connectivity index (χ1) is 32.1. The number of carbonyl (C=O) groups excluding carboxylic acids is 6. The molecule has 0 aliphatic carbocycles. The minimum atomic E-state index is -4.64. The van der Waals surface area contributed by atoms with Crippen molar-refractivity contribution >= 4 is 69.9 Å². The van der Waals surface area contributed by atoms with E-state index in [-0.39, 0.29) is 52.2 Å². The first-order valence-electron chi connectivity index (χ1n) is 21.5. The summed E-state index contributed by atoms with van der Waals surface area (Å²) in [7, 11) is 0. The number of aromatic nitrogens is 3. The zero-order valence-electron chi connectivity index (χ0n) is 36.0. The molecule has 0 saturated carbocycles. The van der Waals surface area contributed by atoms with Crippen LogP contribution in [0.2, 0.25) is 5.02 Å².